The highest BCUT2D eigenvalue weighted by Crippen LogP contribution is 2.16. The quantitative estimate of drug-likeness (QED) is 0.887. The molecule has 0 atom stereocenters. The normalized spacial score (nSPS) is 10.1. The molecule has 0 amide bonds. The van der Waals surface area contributed by atoms with Crippen LogP contribution in [0.1, 0.15) is 12.1 Å². The van der Waals surface area contributed by atoms with Crippen LogP contribution in [-0.2, 0) is 11.2 Å². The zero-order valence-electron chi connectivity index (χ0n) is 8.26. The van der Waals surface area contributed by atoms with Crippen LogP contribution in [0.5, 0.6) is 0 Å². The molecular formula is C10H10BrClN2O2. The maximum Gasteiger partial charge on any atom is 0.303 e. The molecule has 0 saturated heterocycles. The number of pyridine rings is 1. The van der Waals surface area contributed by atoms with Gasteiger partial charge in [0.15, 0.2) is 0 Å². The van der Waals surface area contributed by atoms with Crippen molar-refractivity contribution >= 4 is 40.0 Å². The van der Waals surface area contributed by atoms with Crippen molar-refractivity contribution in [2.75, 3.05) is 0 Å². The third-order valence-corrected chi connectivity index (χ3v) is 2.77. The fourth-order valence-electron chi connectivity index (χ4n) is 1.47. The van der Waals surface area contributed by atoms with Gasteiger partial charge in [-0.05, 0) is 28.1 Å². The van der Waals surface area contributed by atoms with E-state index in [1.807, 2.05) is 22.6 Å². The largest absolute Gasteiger partial charge is 0.481 e. The van der Waals surface area contributed by atoms with E-state index >= 15 is 0 Å². The predicted molar refractivity (Wildman–Crippen MR) is 66.1 cm³/mol. The van der Waals surface area contributed by atoms with Crippen molar-refractivity contribution in [1.29, 1.82) is 0 Å². The monoisotopic (exact) mass is 304 g/mol. The third-order valence-electron chi connectivity index (χ3n) is 2.15. The molecule has 0 spiro atoms. The van der Waals surface area contributed by atoms with Crippen molar-refractivity contribution in [3.8, 4) is 0 Å². The van der Waals surface area contributed by atoms with Crippen LogP contribution in [0.2, 0.25) is 0 Å². The van der Waals surface area contributed by atoms with Crippen LogP contribution in [0.4, 0.5) is 0 Å². The molecular weight excluding hydrogens is 295 g/mol. The first-order valence-corrected chi connectivity index (χ1v) is 5.30. The summed E-state index contributed by atoms with van der Waals surface area (Å²) in [5.41, 5.74) is 1.73. The van der Waals surface area contributed by atoms with E-state index in [-0.39, 0.29) is 18.8 Å². The summed E-state index contributed by atoms with van der Waals surface area (Å²) in [6.45, 7) is 0. The number of aliphatic carboxylic acids is 1. The Balaban J connectivity index is 0.00000128. The third kappa shape index (κ3) is 2.54. The number of fused-ring (bicyclic) bond motifs is 1. The summed E-state index contributed by atoms with van der Waals surface area (Å²) < 4.78 is 2.79. The van der Waals surface area contributed by atoms with Gasteiger partial charge in [0.2, 0.25) is 0 Å². The first kappa shape index (κ1) is 13.0. The summed E-state index contributed by atoms with van der Waals surface area (Å²) in [5, 5.41) is 8.61. The van der Waals surface area contributed by atoms with E-state index < -0.39 is 5.97 Å². The van der Waals surface area contributed by atoms with Crippen LogP contribution in [0.3, 0.4) is 0 Å². The highest BCUT2D eigenvalue weighted by molar-refractivity contribution is 9.10. The van der Waals surface area contributed by atoms with E-state index in [9.17, 15) is 4.79 Å². The summed E-state index contributed by atoms with van der Waals surface area (Å²) in [6, 6.07) is 5.68. The molecule has 2 heterocycles. The zero-order chi connectivity index (χ0) is 10.8. The fourth-order valence-corrected chi connectivity index (χ4v) is 2.03. The number of carboxylic acid groups (broad SMARTS) is 1. The number of nitrogens with zero attached hydrogens (tertiary/aromatic N) is 2. The molecule has 2 rings (SSSR count). The summed E-state index contributed by atoms with van der Waals surface area (Å²) in [5.74, 6) is -0.794. The second-order valence-corrected chi connectivity index (χ2v) is 4.00. The molecule has 2 aromatic heterocycles. The van der Waals surface area contributed by atoms with Crippen molar-refractivity contribution in [3.05, 3.63) is 34.7 Å². The highest BCUT2D eigenvalue weighted by atomic mass is 79.9. The van der Waals surface area contributed by atoms with E-state index in [1.165, 1.54) is 0 Å². The highest BCUT2D eigenvalue weighted by Gasteiger charge is 2.07. The van der Waals surface area contributed by atoms with Gasteiger partial charge >= 0.3 is 5.97 Å². The summed E-state index contributed by atoms with van der Waals surface area (Å²) in [7, 11) is 0. The minimum Gasteiger partial charge on any atom is -0.481 e. The molecule has 0 aromatic carbocycles. The van der Waals surface area contributed by atoms with Crippen LogP contribution in [0.15, 0.2) is 29.0 Å². The molecule has 1 N–H and O–H groups in total. The molecule has 0 radical (unpaired) electrons. The van der Waals surface area contributed by atoms with Gasteiger partial charge < -0.3 is 5.11 Å². The lowest BCUT2D eigenvalue weighted by atomic mass is 10.2. The Kier molecular flexibility index (Phi) is 4.32. The van der Waals surface area contributed by atoms with E-state index in [1.54, 1.807) is 6.20 Å². The van der Waals surface area contributed by atoms with E-state index in [4.69, 9.17) is 5.11 Å². The lowest BCUT2D eigenvalue weighted by Gasteiger charge is -2.02. The topological polar surface area (TPSA) is 54.6 Å². The molecule has 0 fully saturated rings. The van der Waals surface area contributed by atoms with Gasteiger partial charge in [-0.1, -0.05) is 6.07 Å². The number of rotatable bonds is 3. The Labute approximate surface area is 107 Å². The Hall–Kier alpha value is -1.07. The molecule has 0 aliphatic heterocycles. The number of carbonyl (C=O) groups is 1. The maximum absolute atomic E-state index is 10.5. The second kappa shape index (κ2) is 5.32. The maximum atomic E-state index is 10.5. The number of halogens is 2. The summed E-state index contributed by atoms with van der Waals surface area (Å²) >= 11 is 3.41. The smallest absolute Gasteiger partial charge is 0.303 e. The van der Waals surface area contributed by atoms with Crippen LogP contribution in [-0.4, -0.2) is 20.5 Å². The number of carboxylic acids is 1. The first-order chi connectivity index (χ1) is 7.18. The van der Waals surface area contributed by atoms with Crippen molar-refractivity contribution in [1.82, 2.24) is 9.38 Å². The Morgan fingerprint density at radius 3 is 2.94 bits per heavy atom. The minimum absolute atomic E-state index is 0. The predicted octanol–water partition coefficient (Wildman–Crippen LogP) is 2.54. The van der Waals surface area contributed by atoms with Gasteiger partial charge in [-0.15, -0.1) is 12.4 Å². The van der Waals surface area contributed by atoms with Gasteiger partial charge in [-0.3, -0.25) is 9.20 Å². The lowest BCUT2D eigenvalue weighted by Crippen LogP contribution is -2.00. The summed E-state index contributed by atoms with van der Waals surface area (Å²) in [6.07, 6.45) is 2.32. The van der Waals surface area contributed by atoms with Gasteiger partial charge in [0.05, 0.1) is 11.0 Å². The van der Waals surface area contributed by atoms with Crippen LogP contribution in [0.25, 0.3) is 5.65 Å². The number of aryl methyl sites for hydroxylation is 1. The van der Waals surface area contributed by atoms with E-state index in [0.717, 1.165) is 15.9 Å². The number of aromatic nitrogens is 2. The number of hydrogen-bond donors (Lipinski definition) is 1. The molecule has 0 bridgehead atoms. The molecule has 86 valence electrons. The zero-order valence-corrected chi connectivity index (χ0v) is 10.7. The second-order valence-electron chi connectivity index (χ2n) is 3.19. The molecule has 6 heteroatoms. The molecule has 0 aliphatic rings. The van der Waals surface area contributed by atoms with Gasteiger partial charge in [0.25, 0.3) is 0 Å². The first-order valence-electron chi connectivity index (χ1n) is 4.51. The van der Waals surface area contributed by atoms with Crippen molar-refractivity contribution < 1.29 is 9.90 Å². The van der Waals surface area contributed by atoms with Crippen molar-refractivity contribution in [2.24, 2.45) is 0 Å². The Morgan fingerprint density at radius 1 is 1.50 bits per heavy atom. The molecule has 2 aromatic rings. The Morgan fingerprint density at radius 2 is 2.25 bits per heavy atom. The number of hydrogen-bond acceptors (Lipinski definition) is 2. The molecule has 0 aliphatic carbocycles. The average molecular weight is 306 g/mol. The van der Waals surface area contributed by atoms with Crippen LogP contribution < -0.4 is 0 Å². The molecule has 4 nitrogen and oxygen atoms in total. The number of imidazole rings is 1. The standard InChI is InChI=1S/C10H9BrN2O2.ClH/c11-8-2-1-3-9-12-6-7(13(8)9)4-5-10(14)15;/h1-3,6H,4-5H2,(H,14,15);1H. The molecule has 0 saturated carbocycles. The molecule has 0 unspecified atom stereocenters. The lowest BCUT2D eigenvalue weighted by molar-refractivity contribution is -0.136. The van der Waals surface area contributed by atoms with Crippen molar-refractivity contribution in [2.45, 2.75) is 12.8 Å². The van der Waals surface area contributed by atoms with Gasteiger partial charge in [0.1, 0.15) is 5.65 Å². The summed E-state index contributed by atoms with van der Waals surface area (Å²) in [4.78, 5) is 14.7. The van der Waals surface area contributed by atoms with Crippen LogP contribution >= 0.6 is 28.3 Å². The minimum atomic E-state index is -0.794. The van der Waals surface area contributed by atoms with E-state index in [2.05, 4.69) is 20.9 Å². The Bertz CT molecular complexity index is 512. The van der Waals surface area contributed by atoms with Gasteiger partial charge in [-0.25, -0.2) is 4.98 Å². The fraction of sp³-hybridized carbons (Fsp3) is 0.200. The van der Waals surface area contributed by atoms with E-state index in [0.29, 0.717) is 6.42 Å². The average Bonchev–Trinajstić information content (AvgIpc) is 2.59. The molecule has 16 heavy (non-hydrogen) atoms. The SMILES string of the molecule is Cl.O=C(O)CCc1cnc2cccc(Br)n12. The van der Waals surface area contributed by atoms with Crippen molar-refractivity contribution in [3.63, 3.8) is 0 Å². The van der Waals surface area contributed by atoms with Gasteiger partial charge in [0, 0.05) is 18.3 Å². The van der Waals surface area contributed by atoms with Crippen LogP contribution in [0, 0.1) is 0 Å². The van der Waals surface area contributed by atoms with Gasteiger partial charge in [-0.2, -0.15) is 0 Å².